The summed E-state index contributed by atoms with van der Waals surface area (Å²) in [6.07, 6.45) is 1.20. The third kappa shape index (κ3) is 4.47. The van der Waals surface area contributed by atoms with Gasteiger partial charge in [-0.2, -0.15) is 0 Å². The molecule has 5 nitrogen and oxygen atoms in total. The Hall–Kier alpha value is -1.11. The van der Waals surface area contributed by atoms with Crippen LogP contribution in [0, 0.1) is 0 Å². The molecular formula is C14H23N3O2S. The van der Waals surface area contributed by atoms with Gasteiger partial charge in [-0.25, -0.2) is 13.1 Å². The van der Waals surface area contributed by atoms with Crippen LogP contribution in [-0.4, -0.2) is 58.3 Å². The van der Waals surface area contributed by atoms with Gasteiger partial charge in [-0.3, -0.25) is 4.90 Å². The minimum atomic E-state index is -3.10. The second kappa shape index (κ2) is 6.56. The van der Waals surface area contributed by atoms with Crippen molar-refractivity contribution in [1.82, 2.24) is 9.62 Å². The zero-order chi connectivity index (χ0) is 14.6. The van der Waals surface area contributed by atoms with Crippen molar-refractivity contribution in [2.24, 2.45) is 0 Å². The smallest absolute Gasteiger partial charge is 0.208 e. The second-order valence-electron chi connectivity index (χ2n) is 5.33. The van der Waals surface area contributed by atoms with Crippen molar-refractivity contribution in [3.8, 4) is 0 Å². The van der Waals surface area contributed by atoms with Crippen LogP contribution >= 0.6 is 0 Å². The van der Waals surface area contributed by atoms with Gasteiger partial charge < -0.3 is 4.90 Å². The van der Waals surface area contributed by atoms with Crippen molar-refractivity contribution in [2.45, 2.75) is 13.0 Å². The van der Waals surface area contributed by atoms with Crippen molar-refractivity contribution in [2.75, 3.05) is 43.9 Å². The minimum Gasteiger partial charge on any atom is -0.369 e. The molecule has 1 unspecified atom stereocenters. The van der Waals surface area contributed by atoms with Crippen molar-refractivity contribution < 1.29 is 8.42 Å². The summed E-state index contributed by atoms with van der Waals surface area (Å²) in [6.45, 7) is 6.42. The molecule has 0 saturated carbocycles. The average molecular weight is 297 g/mol. The predicted octanol–water partition coefficient (Wildman–Crippen LogP) is 0.746. The summed E-state index contributed by atoms with van der Waals surface area (Å²) in [6, 6.07) is 10.6. The molecule has 1 heterocycles. The molecule has 1 saturated heterocycles. The molecule has 1 aromatic carbocycles. The van der Waals surface area contributed by atoms with E-state index in [0.717, 1.165) is 26.2 Å². The van der Waals surface area contributed by atoms with Gasteiger partial charge in [-0.1, -0.05) is 18.2 Å². The Labute approximate surface area is 121 Å². The quantitative estimate of drug-likeness (QED) is 0.871. The Bertz CT molecular complexity index is 510. The first kappa shape index (κ1) is 15.3. The number of anilines is 1. The maximum absolute atomic E-state index is 11.1. The van der Waals surface area contributed by atoms with E-state index in [9.17, 15) is 8.42 Å². The van der Waals surface area contributed by atoms with Crippen LogP contribution in [0.3, 0.4) is 0 Å². The molecule has 20 heavy (non-hydrogen) atoms. The molecule has 112 valence electrons. The number of nitrogens with zero attached hydrogens (tertiary/aromatic N) is 2. The van der Waals surface area contributed by atoms with E-state index in [1.807, 2.05) is 6.07 Å². The Morgan fingerprint density at radius 2 is 1.75 bits per heavy atom. The summed E-state index contributed by atoms with van der Waals surface area (Å²) >= 11 is 0. The van der Waals surface area contributed by atoms with Crippen LogP contribution in [0.4, 0.5) is 5.69 Å². The summed E-state index contributed by atoms with van der Waals surface area (Å²) in [7, 11) is -3.10. The highest BCUT2D eigenvalue weighted by Crippen LogP contribution is 2.16. The van der Waals surface area contributed by atoms with Gasteiger partial charge in [-0.05, 0) is 19.1 Å². The van der Waals surface area contributed by atoms with Gasteiger partial charge in [0.05, 0.1) is 6.26 Å². The van der Waals surface area contributed by atoms with Crippen LogP contribution < -0.4 is 9.62 Å². The molecule has 2 rings (SSSR count). The molecule has 1 aliphatic heterocycles. The van der Waals surface area contributed by atoms with Gasteiger partial charge in [0.15, 0.2) is 0 Å². The van der Waals surface area contributed by atoms with E-state index >= 15 is 0 Å². The molecular weight excluding hydrogens is 274 g/mol. The third-order valence-electron chi connectivity index (χ3n) is 3.70. The first-order chi connectivity index (χ1) is 9.46. The van der Waals surface area contributed by atoms with Gasteiger partial charge in [0.2, 0.25) is 10.0 Å². The SMILES string of the molecule is CC(CNS(C)(=O)=O)N1CCN(c2ccccc2)CC1. The number of hydrogen-bond acceptors (Lipinski definition) is 4. The highest BCUT2D eigenvalue weighted by Gasteiger charge is 2.21. The normalized spacial score (nSPS) is 19.0. The fourth-order valence-electron chi connectivity index (χ4n) is 2.46. The van der Waals surface area contributed by atoms with Crippen LogP contribution in [0.1, 0.15) is 6.92 Å². The number of para-hydroxylation sites is 1. The van der Waals surface area contributed by atoms with E-state index in [0.29, 0.717) is 6.54 Å². The van der Waals surface area contributed by atoms with Gasteiger partial charge in [-0.15, -0.1) is 0 Å². The number of nitrogens with one attached hydrogen (secondary N) is 1. The summed E-state index contributed by atoms with van der Waals surface area (Å²) in [5.41, 5.74) is 1.26. The summed E-state index contributed by atoms with van der Waals surface area (Å²) < 4.78 is 24.8. The molecule has 1 aliphatic rings. The van der Waals surface area contributed by atoms with Crippen LogP contribution in [0.15, 0.2) is 30.3 Å². The van der Waals surface area contributed by atoms with E-state index in [1.165, 1.54) is 11.9 Å². The van der Waals surface area contributed by atoms with E-state index in [4.69, 9.17) is 0 Å². The molecule has 0 radical (unpaired) electrons. The first-order valence-electron chi connectivity index (χ1n) is 6.94. The highest BCUT2D eigenvalue weighted by molar-refractivity contribution is 7.88. The maximum atomic E-state index is 11.1. The monoisotopic (exact) mass is 297 g/mol. The maximum Gasteiger partial charge on any atom is 0.208 e. The van der Waals surface area contributed by atoms with Crippen molar-refractivity contribution >= 4 is 15.7 Å². The van der Waals surface area contributed by atoms with Gasteiger partial charge in [0.25, 0.3) is 0 Å². The minimum absolute atomic E-state index is 0.225. The fraction of sp³-hybridized carbons (Fsp3) is 0.571. The molecule has 0 bridgehead atoms. The number of piperazine rings is 1. The molecule has 6 heteroatoms. The Balaban J connectivity index is 1.82. The molecule has 1 aromatic rings. The largest absolute Gasteiger partial charge is 0.369 e. The molecule has 0 spiro atoms. The lowest BCUT2D eigenvalue weighted by Crippen LogP contribution is -2.52. The fourth-order valence-corrected chi connectivity index (χ4v) is 3.00. The Morgan fingerprint density at radius 3 is 2.30 bits per heavy atom. The molecule has 0 aliphatic carbocycles. The van der Waals surface area contributed by atoms with Gasteiger partial charge >= 0.3 is 0 Å². The standard InChI is InChI=1S/C14H23N3O2S/c1-13(12-15-20(2,18)19)16-8-10-17(11-9-16)14-6-4-3-5-7-14/h3-7,13,15H,8-12H2,1-2H3. The number of hydrogen-bond donors (Lipinski definition) is 1. The molecule has 0 aromatic heterocycles. The van der Waals surface area contributed by atoms with Crippen LogP contribution in [0.5, 0.6) is 0 Å². The van der Waals surface area contributed by atoms with Crippen molar-refractivity contribution in [1.29, 1.82) is 0 Å². The van der Waals surface area contributed by atoms with Crippen molar-refractivity contribution in [3.63, 3.8) is 0 Å². The third-order valence-corrected chi connectivity index (χ3v) is 4.39. The lowest BCUT2D eigenvalue weighted by Gasteiger charge is -2.39. The lowest BCUT2D eigenvalue weighted by molar-refractivity contribution is 0.198. The van der Waals surface area contributed by atoms with Crippen molar-refractivity contribution in [3.05, 3.63) is 30.3 Å². The second-order valence-corrected chi connectivity index (χ2v) is 7.16. The van der Waals surface area contributed by atoms with E-state index in [2.05, 4.69) is 45.7 Å². The summed E-state index contributed by atoms with van der Waals surface area (Å²) in [4.78, 5) is 4.70. The molecule has 1 atom stereocenters. The summed E-state index contributed by atoms with van der Waals surface area (Å²) in [5, 5.41) is 0. The first-order valence-corrected chi connectivity index (χ1v) is 8.83. The van der Waals surface area contributed by atoms with Crippen LogP contribution in [0.25, 0.3) is 0 Å². The lowest BCUT2D eigenvalue weighted by atomic mass is 10.2. The van der Waals surface area contributed by atoms with E-state index in [-0.39, 0.29) is 6.04 Å². The van der Waals surface area contributed by atoms with Gasteiger partial charge in [0, 0.05) is 44.5 Å². The van der Waals surface area contributed by atoms with Crippen LogP contribution in [0.2, 0.25) is 0 Å². The zero-order valence-corrected chi connectivity index (χ0v) is 12.9. The molecule has 0 amide bonds. The van der Waals surface area contributed by atoms with E-state index < -0.39 is 10.0 Å². The Morgan fingerprint density at radius 1 is 1.15 bits per heavy atom. The van der Waals surface area contributed by atoms with Crippen LogP contribution in [-0.2, 0) is 10.0 Å². The highest BCUT2D eigenvalue weighted by atomic mass is 32.2. The number of sulfonamides is 1. The summed E-state index contributed by atoms with van der Waals surface area (Å²) in [5.74, 6) is 0. The Kier molecular flexibility index (Phi) is 5.01. The number of rotatable bonds is 5. The molecule has 1 fully saturated rings. The molecule has 1 N–H and O–H groups in total. The van der Waals surface area contributed by atoms with Gasteiger partial charge in [0.1, 0.15) is 0 Å². The average Bonchev–Trinajstić information content (AvgIpc) is 2.45. The topological polar surface area (TPSA) is 52.7 Å². The van der Waals surface area contributed by atoms with E-state index in [1.54, 1.807) is 0 Å². The number of benzene rings is 1. The predicted molar refractivity (Wildman–Crippen MR) is 82.5 cm³/mol. The zero-order valence-electron chi connectivity index (χ0n) is 12.1.